The Kier molecular flexibility index (Phi) is 5.91. The van der Waals surface area contributed by atoms with Crippen molar-refractivity contribution in [1.82, 2.24) is 14.5 Å². The molecular weight excluding hydrogens is 463 g/mol. The predicted octanol–water partition coefficient (Wildman–Crippen LogP) is 5.20. The number of benzene rings is 2. The average molecular weight is 482 g/mol. The summed E-state index contributed by atoms with van der Waals surface area (Å²) in [4.78, 5) is 20.8. The number of nitrogens with two attached hydrogens (primary N) is 1. The maximum absolute atomic E-state index is 12.5. The number of halogens is 3. The minimum atomic E-state index is -4.76. The van der Waals surface area contributed by atoms with Gasteiger partial charge in [-0.3, -0.25) is 4.79 Å². The molecule has 0 saturated carbocycles. The maximum Gasteiger partial charge on any atom is 0.573 e. The number of hydrogen-bond donors (Lipinski definition) is 2. The largest absolute Gasteiger partial charge is 0.573 e. The van der Waals surface area contributed by atoms with Crippen LogP contribution >= 0.6 is 23.1 Å². The van der Waals surface area contributed by atoms with Crippen molar-refractivity contribution in [3.8, 4) is 5.75 Å². The van der Waals surface area contributed by atoms with Crippen molar-refractivity contribution in [3.63, 3.8) is 0 Å². The summed E-state index contributed by atoms with van der Waals surface area (Å²) in [6.45, 7) is 2.59. The number of primary amides is 1. The number of anilines is 2. The van der Waals surface area contributed by atoms with Crippen molar-refractivity contribution in [2.45, 2.75) is 25.1 Å². The molecule has 7 nitrogen and oxygen atoms in total. The number of ether oxygens (including phenoxy) is 1. The SMILES string of the molecule is CCn1c(Nc2nc3ccc(OC(F)(F)F)cc3s2)nc2cc(C(SC)C(N)=O)ccc21. The summed E-state index contributed by atoms with van der Waals surface area (Å²) in [7, 11) is 0. The number of alkyl halides is 3. The molecule has 1 atom stereocenters. The van der Waals surface area contributed by atoms with Crippen LogP contribution in [0.3, 0.4) is 0 Å². The van der Waals surface area contributed by atoms with Crippen LogP contribution < -0.4 is 15.8 Å². The summed E-state index contributed by atoms with van der Waals surface area (Å²) in [6.07, 6.45) is -2.94. The average Bonchev–Trinajstić information content (AvgIpc) is 3.26. The van der Waals surface area contributed by atoms with Crippen LogP contribution in [0.2, 0.25) is 0 Å². The number of fused-ring (bicyclic) bond motifs is 2. The Bertz CT molecular complexity index is 1300. The summed E-state index contributed by atoms with van der Waals surface area (Å²) < 4.78 is 43.9. The Hall–Kier alpha value is -2.99. The third-order valence-corrected chi connectivity index (χ3v) is 6.61. The zero-order valence-electron chi connectivity index (χ0n) is 16.9. The molecule has 2 aromatic heterocycles. The molecule has 1 amide bonds. The number of imidazole rings is 1. The summed E-state index contributed by atoms with van der Waals surface area (Å²) in [5.41, 5.74) is 8.35. The van der Waals surface area contributed by atoms with Gasteiger partial charge in [0.25, 0.3) is 0 Å². The molecule has 2 heterocycles. The van der Waals surface area contributed by atoms with Crippen LogP contribution in [0.1, 0.15) is 17.7 Å². The molecule has 0 aliphatic heterocycles. The molecule has 0 aliphatic rings. The van der Waals surface area contributed by atoms with E-state index in [1.807, 2.05) is 35.9 Å². The highest BCUT2D eigenvalue weighted by Gasteiger charge is 2.31. The Balaban J connectivity index is 1.67. The van der Waals surface area contributed by atoms with E-state index >= 15 is 0 Å². The van der Waals surface area contributed by atoms with Crippen molar-refractivity contribution in [1.29, 1.82) is 0 Å². The number of carbonyl (C=O) groups excluding carboxylic acids is 1. The van der Waals surface area contributed by atoms with Gasteiger partial charge in [-0.2, -0.15) is 0 Å². The van der Waals surface area contributed by atoms with E-state index in [4.69, 9.17) is 5.73 Å². The van der Waals surface area contributed by atoms with E-state index < -0.39 is 17.5 Å². The third kappa shape index (κ3) is 4.46. The van der Waals surface area contributed by atoms with Gasteiger partial charge in [-0.1, -0.05) is 17.4 Å². The maximum atomic E-state index is 12.5. The summed E-state index contributed by atoms with van der Waals surface area (Å²) in [5.74, 6) is -0.190. The number of hydrogen-bond acceptors (Lipinski definition) is 7. The summed E-state index contributed by atoms with van der Waals surface area (Å²) >= 11 is 2.54. The van der Waals surface area contributed by atoms with E-state index in [1.165, 1.54) is 41.3 Å². The van der Waals surface area contributed by atoms with E-state index in [1.54, 1.807) is 0 Å². The van der Waals surface area contributed by atoms with Crippen molar-refractivity contribution in [3.05, 3.63) is 42.0 Å². The fraction of sp³-hybridized carbons (Fsp3) is 0.250. The van der Waals surface area contributed by atoms with Gasteiger partial charge in [0.1, 0.15) is 11.0 Å². The molecule has 3 N–H and O–H groups in total. The molecule has 32 heavy (non-hydrogen) atoms. The minimum Gasteiger partial charge on any atom is -0.406 e. The van der Waals surface area contributed by atoms with Crippen LogP contribution in [0.25, 0.3) is 21.3 Å². The van der Waals surface area contributed by atoms with Crippen LogP contribution in [0, 0.1) is 0 Å². The minimum absolute atomic E-state index is 0.300. The lowest BCUT2D eigenvalue weighted by molar-refractivity contribution is -0.274. The molecule has 4 aromatic rings. The lowest BCUT2D eigenvalue weighted by atomic mass is 10.1. The quantitative estimate of drug-likeness (QED) is 0.377. The summed E-state index contributed by atoms with van der Waals surface area (Å²) in [5, 5.41) is 3.16. The molecule has 0 spiro atoms. The topological polar surface area (TPSA) is 95.1 Å². The lowest BCUT2D eigenvalue weighted by Crippen LogP contribution is -2.18. The Labute approximate surface area is 188 Å². The molecule has 0 radical (unpaired) electrons. The van der Waals surface area contributed by atoms with Gasteiger partial charge >= 0.3 is 6.36 Å². The molecule has 168 valence electrons. The number of aryl methyl sites for hydroxylation is 1. The van der Waals surface area contributed by atoms with Crippen molar-refractivity contribution >= 4 is 61.3 Å². The van der Waals surface area contributed by atoms with E-state index in [2.05, 4.69) is 20.0 Å². The number of thiazole rings is 1. The molecule has 0 aliphatic carbocycles. The van der Waals surface area contributed by atoms with E-state index in [9.17, 15) is 18.0 Å². The monoisotopic (exact) mass is 481 g/mol. The standard InChI is InChI=1S/C20H18F3N5O2S2/c1-3-28-14-7-4-10(16(31-2)17(24)29)8-13(14)25-18(28)27-19-26-12-6-5-11(9-15(12)32-19)30-20(21,22)23/h4-9,16H,3H2,1-2H3,(H2,24,29)(H,25,26,27). The Morgan fingerprint density at radius 1 is 1.25 bits per heavy atom. The zero-order valence-corrected chi connectivity index (χ0v) is 18.6. The fourth-order valence-electron chi connectivity index (χ4n) is 3.39. The first-order valence-corrected chi connectivity index (χ1v) is 11.5. The molecule has 12 heteroatoms. The van der Waals surface area contributed by atoms with Gasteiger partial charge in [0.15, 0.2) is 5.13 Å². The Morgan fingerprint density at radius 2 is 2.03 bits per heavy atom. The van der Waals surface area contributed by atoms with Crippen LogP contribution in [0.15, 0.2) is 36.4 Å². The molecular formula is C20H18F3N5O2S2. The molecule has 4 rings (SSSR count). The highest BCUT2D eigenvalue weighted by molar-refractivity contribution is 7.99. The third-order valence-electron chi connectivity index (χ3n) is 4.70. The second-order valence-corrected chi connectivity index (χ2v) is 8.74. The van der Waals surface area contributed by atoms with E-state index in [0.717, 1.165) is 11.1 Å². The highest BCUT2D eigenvalue weighted by atomic mass is 32.2. The number of rotatable bonds is 7. The molecule has 1 unspecified atom stereocenters. The van der Waals surface area contributed by atoms with Gasteiger partial charge in [-0.05, 0) is 43.0 Å². The van der Waals surface area contributed by atoms with Crippen molar-refractivity contribution in [2.75, 3.05) is 11.6 Å². The van der Waals surface area contributed by atoms with Crippen LogP contribution in [0.4, 0.5) is 24.3 Å². The van der Waals surface area contributed by atoms with Crippen LogP contribution in [-0.4, -0.2) is 33.1 Å². The van der Waals surface area contributed by atoms with E-state index in [-0.39, 0.29) is 5.75 Å². The number of aromatic nitrogens is 3. The number of thioether (sulfide) groups is 1. The lowest BCUT2D eigenvalue weighted by Gasteiger charge is -2.10. The predicted molar refractivity (Wildman–Crippen MR) is 120 cm³/mol. The normalized spacial score (nSPS) is 12.9. The smallest absolute Gasteiger partial charge is 0.406 e. The first-order chi connectivity index (χ1) is 15.2. The number of nitrogens with one attached hydrogen (secondary N) is 1. The van der Waals surface area contributed by atoms with Gasteiger partial charge in [-0.25, -0.2) is 9.97 Å². The first-order valence-electron chi connectivity index (χ1n) is 9.44. The van der Waals surface area contributed by atoms with Gasteiger partial charge in [0, 0.05) is 12.6 Å². The van der Waals surface area contributed by atoms with Crippen molar-refractivity contribution < 1.29 is 22.7 Å². The molecule has 2 aromatic carbocycles. The first kappa shape index (κ1) is 22.2. The van der Waals surface area contributed by atoms with E-state index in [0.29, 0.717) is 33.4 Å². The molecule has 0 fully saturated rings. The van der Waals surface area contributed by atoms with Crippen LogP contribution in [-0.2, 0) is 11.3 Å². The van der Waals surface area contributed by atoms with Gasteiger partial charge < -0.3 is 20.4 Å². The molecule has 0 saturated heterocycles. The van der Waals surface area contributed by atoms with Crippen LogP contribution in [0.5, 0.6) is 5.75 Å². The number of carbonyl (C=O) groups is 1. The number of amides is 1. The summed E-state index contributed by atoms with van der Waals surface area (Å²) in [6, 6.07) is 9.57. The van der Waals surface area contributed by atoms with Gasteiger partial charge in [0.05, 0.1) is 21.3 Å². The van der Waals surface area contributed by atoms with Gasteiger partial charge in [0.2, 0.25) is 11.9 Å². The van der Waals surface area contributed by atoms with Gasteiger partial charge in [-0.15, -0.1) is 24.9 Å². The fourth-order valence-corrected chi connectivity index (χ4v) is 4.93. The second-order valence-electron chi connectivity index (χ2n) is 6.77. The Morgan fingerprint density at radius 3 is 2.69 bits per heavy atom. The zero-order chi connectivity index (χ0) is 23.0. The number of nitrogens with zero attached hydrogens (tertiary/aromatic N) is 3. The van der Waals surface area contributed by atoms with Crippen molar-refractivity contribution in [2.24, 2.45) is 5.73 Å². The highest BCUT2D eigenvalue weighted by Crippen LogP contribution is 2.34. The second kappa shape index (κ2) is 8.51. The molecule has 0 bridgehead atoms.